The maximum atomic E-state index is 13.6. The number of aryl methyl sites for hydroxylation is 2. The summed E-state index contributed by atoms with van der Waals surface area (Å²) in [6.07, 6.45) is -5.20. The third-order valence-corrected chi connectivity index (χ3v) is 7.38. The maximum absolute atomic E-state index is 13.6. The summed E-state index contributed by atoms with van der Waals surface area (Å²) in [6.45, 7) is 4.12. The third kappa shape index (κ3) is 3.92. The average Bonchev–Trinajstić information content (AvgIpc) is 3.44. The van der Waals surface area contributed by atoms with Gasteiger partial charge in [0.05, 0.1) is 5.56 Å². The summed E-state index contributed by atoms with van der Waals surface area (Å²) < 4.78 is 47.0. The normalized spacial score (nSPS) is 17.3. The summed E-state index contributed by atoms with van der Waals surface area (Å²) in [5.41, 5.74) is 12.5. The SMILES string of the molecule is Cc1cc(N)nc(C)c1CNC(=O)c1ccc2c(c1)C1OC2c2cc(-c3ccccc3C(F)(F)F)ccc21. The van der Waals surface area contributed by atoms with Gasteiger partial charge in [0.1, 0.15) is 18.0 Å². The first kappa shape index (κ1) is 24.2. The number of aromatic nitrogens is 1. The highest BCUT2D eigenvalue weighted by molar-refractivity contribution is 5.94. The molecular formula is C30H24F3N3O2. The molecule has 0 radical (unpaired) electrons. The second-order valence-electron chi connectivity index (χ2n) is 9.74. The number of carbonyl (C=O) groups is 1. The molecule has 2 bridgehead atoms. The van der Waals surface area contributed by atoms with E-state index in [1.165, 1.54) is 12.1 Å². The van der Waals surface area contributed by atoms with E-state index in [9.17, 15) is 18.0 Å². The number of nitrogens with one attached hydrogen (secondary N) is 1. The zero-order chi connectivity index (χ0) is 26.8. The van der Waals surface area contributed by atoms with E-state index in [0.29, 0.717) is 23.5 Å². The van der Waals surface area contributed by atoms with Crippen LogP contribution in [0.1, 0.15) is 67.2 Å². The van der Waals surface area contributed by atoms with Crippen molar-refractivity contribution < 1.29 is 22.7 Å². The number of amides is 1. The van der Waals surface area contributed by atoms with Gasteiger partial charge in [-0.25, -0.2) is 4.98 Å². The largest absolute Gasteiger partial charge is 0.417 e. The number of nitrogens with two attached hydrogens (primary N) is 1. The monoisotopic (exact) mass is 515 g/mol. The zero-order valence-corrected chi connectivity index (χ0v) is 20.7. The first-order valence-corrected chi connectivity index (χ1v) is 12.2. The van der Waals surface area contributed by atoms with Gasteiger partial charge in [0, 0.05) is 17.8 Å². The minimum absolute atomic E-state index is 0.139. The van der Waals surface area contributed by atoms with Gasteiger partial charge in [0.15, 0.2) is 0 Å². The van der Waals surface area contributed by atoms with Crippen molar-refractivity contribution in [2.45, 2.75) is 38.8 Å². The zero-order valence-electron chi connectivity index (χ0n) is 20.7. The molecule has 2 unspecified atom stereocenters. The predicted molar refractivity (Wildman–Crippen MR) is 137 cm³/mol. The number of benzene rings is 3. The van der Waals surface area contributed by atoms with Crippen LogP contribution in [0.25, 0.3) is 11.1 Å². The fourth-order valence-electron chi connectivity index (χ4n) is 5.56. The Morgan fingerprint density at radius 1 is 0.947 bits per heavy atom. The highest BCUT2D eigenvalue weighted by atomic mass is 19.4. The molecule has 6 rings (SSSR count). The number of rotatable bonds is 4. The van der Waals surface area contributed by atoms with Crippen molar-refractivity contribution in [2.75, 3.05) is 5.73 Å². The summed E-state index contributed by atoms with van der Waals surface area (Å²) in [5, 5.41) is 2.96. The Morgan fingerprint density at radius 3 is 2.34 bits per heavy atom. The van der Waals surface area contributed by atoms with Crippen LogP contribution in [0.2, 0.25) is 0 Å². The van der Waals surface area contributed by atoms with Crippen molar-refractivity contribution in [1.29, 1.82) is 0 Å². The van der Waals surface area contributed by atoms with E-state index in [0.717, 1.165) is 45.1 Å². The molecule has 2 aliphatic heterocycles. The van der Waals surface area contributed by atoms with Gasteiger partial charge in [-0.3, -0.25) is 4.79 Å². The number of anilines is 1. The Bertz CT molecular complexity index is 1590. The molecule has 3 heterocycles. The van der Waals surface area contributed by atoms with E-state index >= 15 is 0 Å². The molecule has 0 saturated carbocycles. The third-order valence-electron chi connectivity index (χ3n) is 7.38. The Kier molecular flexibility index (Phi) is 5.54. The van der Waals surface area contributed by atoms with Crippen LogP contribution in [0, 0.1) is 13.8 Å². The molecule has 0 spiro atoms. The van der Waals surface area contributed by atoms with Gasteiger partial charge in [-0.1, -0.05) is 36.4 Å². The van der Waals surface area contributed by atoms with E-state index in [4.69, 9.17) is 10.5 Å². The molecule has 2 aliphatic rings. The lowest BCUT2D eigenvalue weighted by Crippen LogP contribution is -2.24. The van der Waals surface area contributed by atoms with E-state index < -0.39 is 11.7 Å². The molecule has 5 nitrogen and oxygen atoms in total. The number of halogens is 3. The van der Waals surface area contributed by atoms with Gasteiger partial charge in [-0.15, -0.1) is 0 Å². The van der Waals surface area contributed by atoms with Crippen molar-refractivity contribution in [1.82, 2.24) is 10.3 Å². The fourth-order valence-corrected chi connectivity index (χ4v) is 5.56. The van der Waals surface area contributed by atoms with Crippen LogP contribution in [-0.2, 0) is 17.5 Å². The molecule has 38 heavy (non-hydrogen) atoms. The summed E-state index contributed by atoms with van der Waals surface area (Å²) >= 11 is 0. The second kappa shape index (κ2) is 8.70. The van der Waals surface area contributed by atoms with Crippen LogP contribution in [0.3, 0.4) is 0 Å². The van der Waals surface area contributed by atoms with E-state index in [1.54, 1.807) is 30.3 Å². The highest BCUT2D eigenvalue weighted by Crippen LogP contribution is 2.55. The van der Waals surface area contributed by atoms with Crippen LogP contribution >= 0.6 is 0 Å². The lowest BCUT2D eigenvalue weighted by Gasteiger charge is -2.19. The van der Waals surface area contributed by atoms with Crippen molar-refractivity contribution >= 4 is 11.7 Å². The molecule has 0 fully saturated rings. The number of nitrogen functional groups attached to an aromatic ring is 1. The Balaban J connectivity index is 1.26. The maximum Gasteiger partial charge on any atom is 0.417 e. The Hall–Kier alpha value is -4.17. The van der Waals surface area contributed by atoms with Crippen LogP contribution in [-0.4, -0.2) is 10.9 Å². The number of hydrogen-bond acceptors (Lipinski definition) is 4. The van der Waals surface area contributed by atoms with Gasteiger partial charge in [0.25, 0.3) is 5.91 Å². The minimum Gasteiger partial charge on any atom is -0.384 e. The first-order valence-electron chi connectivity index (χ1n) is 12.2. The summed E-state index contributed by atoms with van der Waals surface area (Å²) in [5.74, 6) is 0.228. The van der Waals surface area contributed by atoms with Crippen molar-refractivity contribution in [2.24, 2.45) is 0 Å². The van der Waals surface area contributed by atoms with Crippen molar-refractivity contribution in [3.63, 3.8) is 0 Å². The highest BCUT2D eigenvalue weighted by Gasteiger charge is 2.43. The summed E-state index contributed by atoms with van der Waals surface area (Å²) in [4.78, 5) is 17.3. The van der Waals surface area contributed by atoms with Gasteiger partial charge in [-0.05, 0) is 88.7 Å². The number of ether oxygens (including phenoxy) is 1. The summed E-state index contributed by atoms with van der Waals surface area (Å²) in [6, 6.07) is 18.1. The molecular weight excluding hydrogens is 491 g/mol. The lowest BCUT2D eigenvalue weighted by molar-refractivity contribution is -0.137. The quantitative estimate of drug-likeness (QED) is 0.329. The van der Waals surface area contributed by atoms with Crippen LogP contribution < -0.4 is 11.1 Å². The molecule has 2 atom stereocenters. The first-order chi connectivity index (χ1) is 18.1. The van der Waals surface area contributed by atoms with Gasteiger partial charge in [0.2, 0.25) is 0 Å². The summed E-state index contributed by atoms with van der Waals surface area (Å²) in [7, 11) is 0. The lowest BCUT2D eigenvalue weighted by atomic mass is 9.83. The van der Waals surface area contributed by atoms with E-state index in [2.05, 4.69) is 10.3 Å². The molecule has 4 aromatic rings. The predicted octanol–water partition coefficient (Wildman–Crippen LogP) is 6.42. The molecule has 8 heteroatoms. The number of carbonyl (C=O) groups excluding carboxylic acids is 1. The number of pyridine rings is 1. The van der Waals surface area contributed by atoms with Gasteiger partial charge >= 0.3 is 6.18 Å². The Morgan fingerprint density at radius 2 is 1.63 bits per heavy atom. The molecule has 1 aromatic heterocycles. The van der Waals surface area contributed by atoms with Crippen LogP contribution in [0.4, 0.5) is 19.0 Å². The molecule has 0 saturated heterocycles. The number of alkyl halides is 3. The van der Waals surface area contributed by atoms with Crippen molar-refractivity contribution in [3.05, 3.63) is 117 Å². The topological polar surface area (TPSA) is 77.2 Å². The molecule has 192 valence electrons. The average molecular weight is 516 g/mol. The van der Waals surface area contributed by atoms with Crippen molar-refractivity contribution in [3.8, 4) is 11.1 Å². The molecule has 1 amide bonds. The molecule has 3 N–H and O–H groups in total. The Labute approximate surface area is 217 Å². The second-order valence-corrected chi connectivity index (χ2v) is 9.74. The molecule has 3 aromatic carbocycles. The number of fused-ring (bicyclic) bond motifs is 8. The van der Waals surface area contributed by atoms with E-state index in [1.807, 2.05) is 32.0 Å². The minimum atomic E-state index is -4.45. The smallest absolute Gasteiger partial charge is 0.384 e. The molecule has 0 aliphatic carbocycles. The van der Waals surface area contributed by atoms with E-state index in [-0.39, 0.29) is 23.7 Å². The van der Waals surface area contributed by atoms with Crippen LogP contribution in [0.15, 0.2) is 66.7 Å². The van der Waals surface area contributed by atoms with Crippen LogP contribution in [0.5, 0.6) is 0 Å². The standard InChI is InChI=1S/C30H24F3N3O2/c1-15-11-26(34)36-16(2)24(15)14-35-29(37)18-8-10-21-23(13-18)28-20-9-7-17(12-22(20)27(21)38-28)19-5-3-4-6-25(19)30(31,32)33/h3-13,27-28H,14H2,1-2H3,(H2,34,36)(H,35,37). The fraction of sp³-hybridized carbons (Fsp3) is 0.200. The number of nitrogens with zero attached hydrogens (tertiary/aromatic N) is 1. The van der Waals surface area contributed by atoms with Gasteiger partial charge < -0.3 is 15.8 Å². The number of hydrogen-bond donors (Lipinski definition) is 2. The van der Waals surface area contributed by atoms with Gasteiger partial charge in [-0.2, -0.15) is 13.2 Å².